The molecular formula is C15H21ClN2O. The van der Waals surface area contributed by atoms with Crippen LogP contribution in [0.3, 0.4) is 0 Å². The molecule has 2 rings (SSSR count). The number of likely N-dealkylation sites (N-methyl/N-ethyl adjacent to an activating group) is 1. The van der Waals surface area contributed by atoms with E-state index in [4.69, 9.17) is 11.6 Å². The molecule has 3 nitrogen and oxygen atoms in total. The fourth-order valence-electron chi connectivity index (χ4n) is 2.51. The summed E-state index contributed by atoms with van der Waals surface area (Å²) >= 11 is 5.78. The van der Waals surface area contributed by atoms with Gasteiger partial charge in [-0.3, -0.25) is 4.79 Å². The third-order valence-corrected chi connectivity index (χ3v) is 4.07. The van der Waals surface area contributed by atoms with Crippen molar-refractivity contribution >= 4 is 17.5 Å². The number of nitrogens with zero attached hydrogens (tertiary/aromatic N) is 1. The molecule has 1 saturated heterocycles. The lowest BCUT2D eigenvalue weighted by atomic mass is 10.0. The van der Waals surface area contributed by atoms with Gasteiger partial charge in [-0.05, 0) is 44.1 Å². The van der Waals surface area contributed by atoms with E-state index in [1.54, 1.807) is 0 Å². The van der Waals surface area contributed by atoms with Crippen LogP contribution in [0.4, 0.5) is 0 Å². The molecule has 0 aliphatic carbocycles. The number of halogens is 1. The summed E-state index contributed by atoms with van der Waals surface area (Å²) in [5.74, 6) is 0.429. The van der Waals surface area contributed by atoms with E-state index in [0.29, 0.717) is 17.5 Å². The minimum absolute atomic E-state index is 0.00839. The van der Waals surface area contributed by atoms with Crippen LogP contribution in [0.2, 0.25) is 0 Å². The number of piperidine rings is 1. The summed E-state index contributed by atoms with van der Waals surface area (Å²) in [7, 11) is 2.13. The van der Waals surface area contributed by atoms with Gasteiger partial charge in [0, 0.05) is 24.0 Å². The fraction of sp³-hybridized carbons (Fsp3) is 0.533. The highest BCUT2D eigenvalue weighted by atomic mass is 35.5. The van der Waals surface area contributed by atoms with Crippen LogP contribution in [0.5, 0.6) is 0 Å². The highest BCUT2D eigenvalue weighted by Crippen LogP contribution is 2.14. The molecule has 0 spiro atoms. The Morgan fingerprint density at radius 3 is 3.05 bits per heavy atom. The van der Waals surface area contributed by atoms with Crippen molar-refractivity contribution in [3.05, 3.63) is 35.4 Å². The third-order valence-electron chi connectivity index (χ3n) is 3.76. The predicted molar refractivity (Wildman–Crippen MR) is 78.6 cm³/mol. The summed E-state index contributed by atoms with van der Waals surface area (Å²) in [6.45, 7) is 1.85. The van der Waals surface area contributed by atoms with Gasteiger partial charge < -0.3 is 10.2 Å². The molecule has 19 heavy (non-hydrogen) atoms. The van der Waals surface area contributed by atoms with Crippen molar-refractivity contribution in [1.29, 1.82) is 0 Å². The number of carbonyl (C=O) groups excluding carboxylic acids is 1. The normalized spacial score (nSPS) is 20.2. The number of rotatable bonds is 4. The van der Waals surface area contributed by atoms with Crippen molar-refractivity contribution in [3.63, 3.8) is 0 Å². The van der Waals surface area contributed by atoms with Crippen molar-refractivity contribution in [2.75, 3.05) is 20.1 Å². The van der Waals surface area contributed by atoms with E-state index in [9.17, 15) is 4.79 Å². The van der Waals surface area contributed by atoms with Gasteiger partial charge in [-0.15, -0.1) is 11.6 Å². The summed E-state index contributed by atoms with van der Waals surface area (Å²) in [5, 5.41) is 3.03. The summed E-state index contributed by atoms with van der Waals surface area (Å²) in [5.41, 5.74) is 1.67. The van der Waals surface area contributed by atoms with Crippen LogP contribution < -0.4 is 5.32 Å². The van der Waals surface area contributed by atoms with Crippen LogP contribution in [0.15, 0.2) is 24.3 Å². The van der Waals surface area contributed by atoms with Crippen LogP contribution in [0.25, 0.3) is 0 Å². The molecule has 1 N–H and O–H groups in total. The molecule has 1 heterocycles. The van der Waals surface area contributed by atoms with Crippen LogP contribution in [0, 0.1) is 0 Å². The molecule has 4 heteroatoms. The molecule has 0 aromatic heterocycles. The van der Waals surface area contributed by atoms with E-state index in [1.807, 2.05) is 24.3 Å². The zero-order valence-electron chi connectivity index (χ0n) is 11.4. The van der Waals surface area contributed by atoms with Crippen molar-refractivity contribution in [3.8, 4) is 0 Å². The Kier molecular flexibility index (Phi) is 5.23. The van der Waals surface area contributed by atoms with Gasteiger partial charge in [0.05, 0.1) is 0 Å². The molecule has 1 amide bonds. The Labute approximate surface area is 119 Å². The van der Waals surface area contributed by atoms with E-state index in [1.165, 1.54) is 19.3 Å². The van der Waals surface area contributed by atoms with Crippen LogP contribution in [0.1, 0.15) is 35.2 Å². The lowest BCUT2D eigenvalue weighted by Crippen LogP contribution is -2.44. The number of carbonyl (C=O) groups is 1. The molecule has 0 radical (unpaired) electrons. The van der Waals surface area contributed by atoms with E-state index < -0.39 is 0 Å². The second-order valence-electron chi connectivity index (χ2n) is 5.17. The van der Waals surface area contributed by atoms with Gasteiger partial charge in [-0.1, -0.05) is 18.6 Å². The zero-order valence-corrected chi connectivity index (χ0v) is 12.1. The minimum atomic E-state index is -0.00839. The standard InChI is InChI=1S/C15H21ClN2O/c1-18-8-3-2-7-14(18)11-17-15(19)13-6-4-5-12(9-13)10-16/h4-6,9,14H,2-3,7-8,10-11H2,1H3,(H,17,19). The fourth-order valence-corrected chi connectivity index (χ4v) is 2.68. The number of amides is 1. The Morgan fingerprint density at radius 2 is 2.32 bits per heavy atom. The summed E-state index contributed by atoms with van der Waals surface area (Å²) in [4.78, 5) is 14.4. The van der Waals surface area contributed by atoms with E-state index in [2.05, 4.69) is 17.3 Å². The molecular weight excluding hydrogens is 260 g/mol. The zero-order chi connectivity index (χ0) is 13.7. The smallest absolute Gasteiger partial charge is 0.251 e. The highest BCUT2D eigenvalue weighted by Gasteiger charge is 2.19. The van der Waals surface area contributed by atoms with Gasteiger partial charge in [0.2, 0.25) is 0 Å². The van der Waals surface area contributed by atoms with E-state index >= 15 is 0 Å². The van der Waals surface area contributed by atoms with Gasteiger partial charge in [-0.25, -0.2) is 0 Å². The number of hydrogen-bond acceptors (Lipinski definition) is 2. The molecule has 1 aliphatic heterocycles. The maximum atomic E-state index is 12.1. The van der Waals surface area contributed by atoms with Gasteiger partial charge in [0.25, 0.3) is 5.91 Å². The lowest BCUT2D eigenvalue weighted by molar-refractivity contribution is 0.0928. The largest absolute Gasteiger partial charge is 0.350 e. The molecule has 1 unspecified atom stereocenters. The third kappa shape index (κ3) is 3.95. The van der Waals surface area contributed by atoms with Gasteiger partial charge in [0.15, 0.2) is 0 Å². The minimum Gasteiger partial charge on any atom is -0.350 e. The van der Waals surface area contributed by atoms with Crippen molar-refractivity contribution < 1.29 is 4.79 Å². The Morgan fingerprint density at radius 1 is 1.47 bits per heavy atom. The second kappa shape index (κ2) is 6.92. The number of benzene rings is 1. The van der Waals surface area contributed by atoms with E-state index in [0.717, 1.165) is 18.7 Å². The molecule has 1 aliphatic rings. The molecule has 1 atom stereocenters. The SMILES string of the molecule is CN1CCCCC1CNC(=O)c1cccc(CCl)c1. The second-order valence-corrected chi connectivity index (χ2v) is 5.44. The number of nitrogens with one attached hydrogen (secondary N) is 1. The Bertz CT molecular complexity index is 436. The number of hydrogen-bond donors (Lipinski definition) is 1. The van der Waals surface area contributed by atoms with Crippen molar-refractivity contribution in [2.24, 2.45) is 0 Å². The molecule has 1 fully saturated rings. The van der Waals surface area contributed by atoms with Gasteiger partial charge in [0.1, 0.15) is 0 Å². The summed E-state index contributed by atoms with van der Waals surface area (Å²) in [6.07, 6.45) is 3.68. The Balaban J connectivity index is 1.89. The molecule has 0 saturated carbocycles. The van der Waals surface area contributed by atoms with Crippen molar-refractivity contribution in [1.82, 2.24) is 10.2 Å². The van der Waals surface area contributed by atoms with Crippen LogP contribution in [-0.4, -0.2) is 37.0 Å². The van der Waals surface area contributed by atoms with Crippen LogP contribution >= 0.6 is 11.6 Å². The average Bonchev–Trinajstić information content (AvgIpc) is 2.46. The topological polar surface area (TPSA) is 32.3 Å². The number of alkyl halides is 1. The first-order valence-corrected chi connectivity index (χ1v) is 7.37. The lowest BCUT2D eigenvalue weighted by Gasteiger charge is -2.32. The van der Waals surface area contributed by atoms with E-state index in [-0.39, 0.29) is 5.91 Å². The van der Waals surface area contributed by atoms with Crippen LogP contribution in [-0.2, 0) is 5.88 Å². The van der Waals surface area contributed by atoms with Crippen molar-refractivity contribution in [2.45, 2.75) is 31.2 Å². The Hall–Kier alpha value is -1.06. The first-order valence-electron chi connectivity index (χ1n) is 6.84. The monoisotopic (exact) mass is 280 g/mol. The predicted octanol–water partition coefficient (Wildman–Crippen LogP) is 2.64. The summed E-state index contributed by atoms with van der Waals surface area (Å²) in [6, 6.07) is 7.95. The molecule has 0 bridgehead atoms. The first kappa shape index (κ1) is 14.4. The maximum absolute atomic E-state index is 12.1. The quantitative estimate of drug-likeness (QED) is 0.860. The molecule has 1 aromatic rings. The molecule has 1 aromatic carbocycles. The molecule has 104 valence electrons. The van der Waals surface area contributed by atoms with Gasteiger partial charge in [-0.2, -0.15) is 0 Å². The number of likely N-dealkylation sites (tertiary alicyclic amines) is 1. The maximum Gasteiger partial charge on any atom is 0.251 e. The van der Waals surface area contributed by atoms with Gasteiger partial charge >= 0.3 is 0 Å². The highest BCUT2D eigenvalue weighted by molar-refractivity contribution is 6.17. The average molecular weight is 281 g/mol. The first-order chi connectivity index (χ1) is 9.20. The summed E-state index contributed by atoms with van der Waals surface area (Å²) < 4.78 is 0.